The lowest BCUT2D eigenvalue weighted by Gasteiger charge is -2.25. The van der Waals surface area contributed by atoms with Crippen LogP contribution < -0.4 is 11.5 Å². The number of rotatable bonds is 5. The molecule has 1 atom stereocenters. The molecule has 6 heteroatoms. The van der Waals surface area contributed by atoms with Crippen LogP contribution in [0.25, 0.3) is 0 Å². The summed E-state index contributed by atoms with van der Waals surface area (Å²) in [7, 11) is 0. The third-order valence-corrected chi connectivity index (χ3v) is 3.87. The van der Waals surface area contributed by atoms with E-state index in [1.165, 1.54) is 18.1 Å². The van der Waals surface area contributed by atoms with Crippen molar-refractivity contribution in [3.8, 4) is 0 Å². The number of benzene rings is 1. The number of amides is 1. The second-order valence-corrected chi connectivity index (χ2v) is 5.03. The number of hydrogen-bond donors (Lipinski definition) is 2. The van der Waals surface area contributed by atoms with Crippen molar-refractivity contribution in [2.45, 2.75) is 10.6 Å². The molecule has 0 aliphatic heterocycles. The minimum absolute atomic E-state index is 0.323. The van der Waals surface area contributed by atoms with E-state index in [0.717, 1.165) is 5.03 Å². The molecular weight excluding hydrogens is 260 g/mol. The molecule has 1 aromatic carbocycles. The Hall–Kier alpha value is -1.92. The topological polar surface area (TPSA) is 94.9 Å². The van der Waals surface area contributed by atoms with Crippen LogP contribution in [0.4, 0.5) is 0 Å². The van der Waals surface area contributed by atoms with Crippen LogP contribution in [-0.4, -0.2) is 21.6 Å². The molecule has 98 valence electrons. The lowest BCUT2D eigenvalue weighted by atomic mass is 9.92. The molecule has 0 radical (unpaired) electrons. The standard InChI is InChI=1S/C13H14N4OS/c14-12(18)13(15,10-4-2-1-3-5-10)8-19-11-6-7-16-9-17-11/h1-7,9H,8,15H2,(H2,14,18). The molecule has 1 amide bonds. The first-order chi connectivity index (χ1) is 9.13. The number of nitrogens with zero attached hydrogens (tertiary/aromatic N) is 2. The molecule has 0 aliphatic carbocycles. The second-order valence-electron chi connectivity index (χ2n) is 4.04. The molecule has 2 rings (SSSR count). The number of hydrogen-bond acceptors (Lipinski definition) is 5. The van der Waals surface area contributed by atoms with Gasteiger partial charge in [0.2, 0.25) is 5.91 Å². The van der Waals surface area contributed by atoms with Gasteiger partial charge in [-0.25, -0.2) is 9.97 Å². The van der Waals surface area contributed by atoms with Gasteiger partial charge in [0, 0.05) is 11.9 Å². The third kappa shape index (κ3) is 3.10. The van der Waals surface area contributed by atoms with Gasteiger partial charge < -0.3 is 11.5 Å². The zero-order valence-electron chi connectivity index (χ0n) is 10.2. The zero-order chi connectivity index (χ0) is 13.7. The molecule has 5 nitrogen and oxygen atoms in total. The highest BCUT2D eigenvalue weighted by Gasteiger charge is 2.34. The average molecular weight is 274 g/mol. The minimum atomic E-state index is -1.21. The number of nitrogens with two attached hydrogens (primary N) is 2. The van der Waals surface area contributed by atoms with Gasteiger partial charge in [0.15, 0.2) is 0 Å². The highest BCUT2D eigenvalue weighted by atomic mass is 32.2. The van der Waals surface area contributed by atoms with E-state index in [1.807, 2.05) is 18.2 Å². The predicted octanol–water partition coefficient (Wildman–Crippen LogP) is 0.908. The Bertz CT molecular complexity index is 549. The van der Waals surface area contributed by atoms with Crippen molar-refractivity contribution in [1.29, 1.82) is 0 Å². The Morgan fingerprint density at radius 1 is 1.26 bits per heavy atom. The Balaban J connectivity index is 2.19. The van der Waals surface area contributed by atoms with E-state index in [2.05, 4.69) is 9.97 Å². The van der Waals surface area contributed by atoms with Crippen molar-refractivity contribution >= 4 is 17.7 Å². The van der Waals surface area contributed by atoms with E-state index < -0.39 is 11.4 Å². The van der Waals surface area contributed by atoms with Gasteiger partial charge in [-0.3, -0.25) is 4.79 Å². The number of carbonyl (C=O) groups is 1. The van der Waals surface area contributed by atoms with Crippen LogP contribution in [0.15, 0.2) is 53.9 Å². The molecule has 19 heavy (non-hydrogen) atoms. The Morgan fingerprint density at radius 2 is 2.00 bits per heavy atom. The Morgan fingerprint density at radius 3 is 2.58 bits per heavy atom. The highest BCUT2D eigenvalue weighted by molar-refractivity contribution is 7.99. The van der Waals surface area contributed by atoms with Crippen LogP contribution >= 0.6 is 11.8 Å². The smallest absolute Gasteiger partial charge is 0.243 e. The van der Waals surface area contributed by atoms with Crippen molar-refractivity contribution < 1.29 is 4.79 Å². The fourth-order valence-corrected chi connectivity index (χ4v) is 2.55. The van der Waals surface area contributed by atoms with Gasteiger partial charge >= 0.3 is 0 Å². The fourth-order valence-electron chi connectivity index (χ4n) is 1.58. The number of carbonyl (C=O) groups excluding carboxylic acids is 1. The second kappa shape index (κ2) is 5.81. The predicted molar refractivity (Wildman–Crippen MR) is 74.3 cm³/mol. The maximum absolute atomic E-state index is 11.7. The van der Waals surface area contributed by atoms with Gasteiger partial charge in [0.25, 0.3) is 0 Å². The lowest BCUT2D eigenvalue weighted by molar-refractivity contribution is -0.122. The third-order valence-electron chi connectivity index (χ3n) is 2.73. The maximum atomic E-state index is 11.7. The molecule has 1 heterocycles. The summed E-state index contributed by atoms with van der Waals surface area (Å²) in [4.78, 5) is 19.6. The van der Waals surface area contributed by atoms with Crippen molar-refractivity contribution in [1.82, 2.24) is 9.97 Å². The van der Waals surface area contributed by atoms with Gasteiger partial charge in [-0.1, -0.05) is 30.3 Å². The highest BCUT2D eigenvalue weighted by Crippen LogP contribution is 2.26. The van der Waals surface area contributed by atoms with Crippen LogP contribution in [0.2, 0.25) is 0 Å². The monoisotopic (exact) mass is 274 g/mol. The van der Waals surface area contributed by atoms with E-state index in [0.29, 0.717) is 11.3 Å². The number of aromatic nitrogens is 2. The molecule has 0 saturated carbocycles. The van der Waals surface area contributed by atoms with E-state index in [4.69, 9.17) is 11.5 Å². The lowest BCUT2D eigenvalue weighted by Crippen LogP contribution is -2.51. The summed E-state index contributed by atoms with van der Waals surface area (Å²) in [6.07, 6.45) is 3.09. The largest absolute Gasteiger partial charge is 0.368 e. The Labute approximate surface area is 115 Å². The summed E-state index contributed by atoms with van der Waals surface area (Å²) in [5.74, 6) is -0.233. The van der Waals surface area contributed by atoms with Gasteiger partial charge in [-0.05, 0) is 11.6 Å². The van der Waals surface area contributed by atoms with Crippen LogP contribution in [0.3, 0.4) is 0 Å². The number of primary amides is 1. The minimum Gasteiger partial charge on any atom is -0.368 e. The molecule has 1 unspecified atom stereocenters. The van der Waals surface area contributed by atoms with Crippen molar-refractivity contribution in [2.24, 2.45) is 11.5 Å². The first kappa shape index (κ1) is 13.5. The fraction of sp³-hybridized carbons (Fsp3) is 0.154. The molecular formula is C13H14N4OS. The van der Waals surface area contributed by atoms with Crippen LogP contribution in [0.5, 0.6) is 0 Å². The first-order valence-electron chi connectivity index (χ1n) is 5.66. The van der Waals surface area contributed by atoms with E-state index in [-0.39, 0.29) is 0 Å². The molecule has 0 fully saturated rings. The summed E-state index contributed by atoms with van der Waals surface area (Å²) in [5, 5.41) is 0.752. The van der Waals surface area contributed by atoms with E-state index in [1.54, 1.807) is 24.4 Å². The van der Waals surface area contributed by atoms with Crippen molar-refractivity contribution in [3.05, 3.63) is 54.5 Å². The summed E-state index contributed by atoms with van der Waals surface area (Å²) >= 11 is 1.37. The summed E-state index contributed by atoms with van der Waals surface area (Å²) in [6, 6.07) is 10.9. The summed E-state index contributed by atoms with van der Waals surface area (Å²) in [5.41, 5.74) is 11.1. The van der Waals surface area contributed by atoms with E-state index >= 15 is 0 Å². The van der Waals surface area contributed by atoms with Gasteiger partial charge in [0.1, 0.15) is 11.9 Å². The van der Waals surface area contributed by atoms with Gasteiger partial charge in [-0.15, -0.1) is 11.8 Å². The molecule has 0 spiro atoms. The SMILES string of the molecule is NC(=O)C(N)(CSc1ccncn1)c1ccccc1. The normalized spacial score (nSPS) is 13.7. The molecule has 4 N–H and O–H groups in total. The molecule has 0 bridgehead atoms. The van der Waals surface area contributed by atoms with Gasteiger partial charge in [0.05, 0.1) is 5.03 Å². The van der Waals surface area contributed by atoms with E-state index in [9.17, 15) is 4.79 Å². The molecule has 1 aromatic heterocycles. The quantitative estimate of drug-likeness (QED) is 0.624. The Kier molecular flexibility index (Phi) is 4.13. The summed E-state index contributed by atoms with van der Waals surface area (Å²) < 4.78 is 0. The summed E-state index contributed by atoms with van der Waals surface area (Å²) in [6.45, 7) is 0. The molecule has 2 aromatic rings. The van der Waals surface area contributed by atoms with Crippen LogP contribution in [-0.2, 0) is 10.3 Å². The van der Waals surface area contributed by atoms with Crippen molar-refractivity contribution in [2.75, 3.05) is 5.75 Å². The van der Waals surface area contributed by atoms with Crippen LogP contribution in [0, 0.1) is 0 Å². The first-order valence-corrected chi connectivity index (χ1v) is 6.64. The van der Waals surface area contributed by atoms with Crippen LogP contribution in [0.1, 0.15) is 5.56 Å². The average Bonchev–Trinajstić information content (AvgIpc) is 2.46. The maximum Gasteiger partial charge on any atom is 0.243 e. The number of thioether (sulfide) groups is 1. The zero-order valence-corrected chi connectivity index (χ0v) is 11.0. The molecule has 0 saturated heterocycles. The van der Waals surface area contributed by atoms with Gasteiger partial charge in [-0.2, -0.15) is 0 Å². The molecule has 0 aliphatic rings. The van der Waals surface area contributed by atoms with Crippen molar-refractivity contribution in [3.63, 3.8) is 0 Å².